The summed E-state index contributed by atoms with van der Waals surface area (Å²) in [5.41, 5.74) is 6.64. The van der Waals surface area contributed by atoms with Gasteiger partial charge in [0.05, 0.1) is 6.04 Å². The van der Waals surface area contributed by atoms with Crippen molar-refractivity contribution in [1.29, 1.82) is 0 Å². The third kappa shape index (κ3) is 4.04. The van der Waals surface area contributed by atoms with E-state index >= 15 is 0 Å². The molecule has 1 amide bonds. The third-order valence-corrected chi connectivity index (χ3v) is 3.99. The number of rotatable bonds is 7. The molecule has 0 bridgehead atoms. The van der Waals surface area contributed by atoms with Crippen LogP contribution in [0.4, 0.5) is 0 Å². The van der Waals surface area contributed by atoms with Gasteiger partial charge < -0.3 is 10.6 Å². The number of likely N-dealkylation sites (tertiary alicyclic amines) is 1. The molecule has 1 fully saturated rings. The SMILES string of the molecule is NCCCCCCC(=O)N1CCCC1c1cccnc1. The molecule has 4 heteroatoms. The number of carbonyl (C=O) groups is 1. The summed E-state index contributed by atoms with van der Waals surface area (Å²) in [6, 6.07) is 4.26. The van der Waals surface area contributed by atoms with E-state index in [0.717, 1.165) is 51.6 Å². The molecule has 2 heterocycles. The fourth-order valence-electron chi connectivity index (χ4n) is 2.90. The number of nitrogens with zero attached hydrogens (tertiary/aromatic N) is 2. The molecule has 2 N–H and O–H groups in total. The summed E-state index contributed by atoms with van der Waals surface area (Å²) in [7, 11) is 0. The van der Waals surface area contributed by atoms with Gasteiger partial charge in [-0.15, -0.1) is 0 Å². The molecule has 110 valence electrons. The van der Waals surface area contributed by atoms with Crippen LogP contribution >= 0.6 is 0 Å². The molecule has 1 saturated heterocycles. The van der Waals surface area contributed by atoms with Crippen LogP contribution in [0.3, 0.4) is 0 Å². The van der Waals surface area contributed by atoms with Crippen LogP contribution in [-0.4, -0.2) is 28.9 Å². The van der Waals surface area contributed by atoms with E-state index in [-0.39, 0.29) is 6.04 Å². The van der Waals surface area contributed by atoms with Crippen LogP contribution in [0.25, 0.3) is 0 Å². The highest BCUT2D eigenvalue weighted by Gasteiger charge is 2.29. The zero-order valence-corrected chi connectivity index (χ0v) is 12.1. The molecule has 1 unspecified atom stereocenters. The maximum Gasteiger partial charge on any atom is 0.223 e. The monoisotopic (exact) mass is 275 g/mol. The lowest BCUT2D eigenvalue weighted by molar-refractivity contribution is -0.132. The first-order chi connectivity index (χ1) is 9.83. The van der Waals surface area contributed by atoms with E-state index in [9.17, 15) is 4.79 Å². The molecule has 1 atom stereocenters. The second-order valence-electron chi connectivity index (χ2n) is 5.48. The van der Waals surface area contributed by atoms with Crippen molar-refractivity contribution in [3.63, 3.8) is 0 Å². The molecule has 1 aromatic heterocycles. The van der Waals surface area contributed by atoms with Crippen LogP contribution in [0.2, 0.25) is 0 Å². The standard InChI is InChI=1S/C16H25N3O/c17-10-4-2-1-3-9-16(20)19-12-6-8-15(19)14-7-5-11-18-13-14/h5,7,11,13,15H,1-4,6,8-10,12,17H2. The van der Waals surface area contributed by atoms with E-state index in [0.29, 0.717) is 12.3 Å². The van der Waals surface area contributed by atoms with Gasteiger partial charge in [0.25, 0.3) is 0 Å². The molecule has 1 aromatic rings. The first-order valence-electron chi connectivity index (χ1n) is 7.72. The fraction of sp³-hybridized carbons (Fsp3) is 0.625. The van der Waals surface area contributed by atoms with Crippen LogP contribution in [0.15, 0.2) is 24.5 Å². The largest absolute Gasteiger partial charge is 0.336 e. The minimum atomic E-state index is 0.236. The topological polar surface area (TPSA) is 59.2 Å². The normalized spacial score (nSPS) is 18.4. The van der Waals surface area contributed by atoms with Crippen molar-refractivity contribution in [2.45, 2.75) is 51.0 Å². The lowest BCUT2D eigenvalue weighted by Crippen LogP contribution is -2.30. The van der Waals surface area contributed by atoms with E-state index in [1.165, 1.54) is 5.56 Å². The molecule has 0 spiro atoms. The van der Waals surface area contributed by atoms with Gasteiger partial charge in [-0.3, -0.25) is 9.78 Å². The van der Waals surface area contributed by atoms with Crippen LogP contribution in [0.1, 0.15) is 56.6 Å². The van der Waals surface area contributed by atoms with Gasteiger partial charge in [0.15, 0.2) is 0 Å². The maximum absolute atomic E-state index is 12.3. The Kier molecular flexibility index (Phi) is 5.99. The number of carbonyl (C=O) groups excluding carboxylic acids is 1. The molecule has 1 aliphatic heterocycles. The van der Waals surface area contributed by atoms with Crippen molar-refractivity contribution in [1.82, 2.24) is 9.88 Å². The van der Waals surface area contributed by atoms with E-state index in [1.807, 2.05) is 17.2 Å². The number of amides is 1. The Hall–Kier alpha value is -1.42. The number of nitrogens with two attached hydrogens (primary N) is 1. The molecule has 1 aliphatic rings. The lowest BCUT2D eigenvalue weighted by Gasteiger charge is -2.25. The third-order valence-electron chi connectivity index (χ3n) is 3.99. The average Bonchev–Trinajstić information content (AvgIpc) is 2.97. The summed E-state index contributed by atoms with van der Waals surface area (Å²) in [6.45, 7) is 1.64. The van der Waals surface area contributed by atoms with E-state index in [1.54, 1.807) is 6.20 Å². The first-order valence-corrected chi connectivity index (χ1v) is 7.72. The van der Waals surface area contributed by atoms with Crippen LogP contribution < -0.4 is 5.73 Å². The molecule has 20 heavy (non-hydrogen) atoms. The second kappa shape index (κ2) is 8.00. The van der Waals surface area contributed by atoms with Gasteiger partial charge in [0, 0.05) is 25.4 Å². The summed E-state index contributed by atoms with van der Waals surface area (Å²) in [6.07, 6.45) is 10.8. The smallest absolute Gasteiger partial charge is 0.223 e. The minimum Gasteiger partial charge on any atom is -0.336 e. The lowest BCUT2D eigenvalue weighted by atomic mass is 10.1. The van der Waals surface area contributed by atoms with Gasteiger partial charge >= 0.3 is 0 Å². The first kappa shape index (κ1) is 15.0. The van der Waals surface area contributed by atoms with Gasteiger partial charge in [0.2, 0.25) is 5.91 Å². The predicted molar refractivity (Wildman–Crippen MR) is 80.1 cm³/mol. The Morgan fingerprint density at radius 2 is 2.20 bits per heavy atom. The van der Waals surface area contributed by atoms with E-state index < -0.39 is 0 Å². The highest BCUT2D eigenvalue weighted by molar-refractivity contribution is 5.77. The Labute approximate surface area is 121 Å². The van der Waals surface area contributed by atoms with Crippen LogP contribution in [0.5, 0.6) is 0 Å². The quantitative estimate of drug-likeness (QED) is 0.778. The number of hydrogen-bond acceptors (Lipinski definition) is 3. The molecular weight excluding hydrogens is 250 g/mol. The van der Waals surface area contributed by atoms with Gasteiger partial charge in [-0.1, -0.05) is 18.9 Å². The van der Waals surface area contributed by atoms with Crippen LogP contribution in [-0.2, 0) is 4.79 Å². The van der Waals surface area contributed by atoms with E-state index in [2.05, 4.69) is 11.1 Å². The van der Waals surface area contributed by atoms with Crippen molar-refractivity contribution in [2.75, 3.05) is 13.1 Å². The number of pyridine rings is 1. The summed E-state index contributed by atoms with van der Waals surface area (Å²) in [5.74, 6) is 0.295. The van der Waals surface area contributed by atoms with Crippen molar-refractivity contribution in [3.05, 3.63) is 30.1 Å². The fourth-order valence-corrected chi connectivity index (χ4v) is 2.90. The molecular formula is C16H25N3O. The molecule has 0 aliphatic carbocycles. The Morgan fingerprint density at radius 3 is 2.95 bits per heavy atom. The molecule has 0 saturated carbocycles. The molecule has 4 nitrogen and oxygen atoms in total. The number of aromatic nitrogens is 1. The number of hydrogen-bond donors (Lipinski definition) is 1. The zero-order chi connectivity index (χ0) is 14.2. The van der Waals surface area contributed by atoms with Gasteiger partial charge in [0.1, 0.15) is 0 Å². The number of unbranched alkanes of at least 4 members (excludes halogenated alkanes) is 3. The zero-order valence-electron chi connectivity index (χ0n) is 12.1. The highest BCUT2D eigenvalue weighted by Crippen LogP contribution is 2.32. The van der Waals surface area contributed by atoms with Crippen molar-refractivity contribution >= 4 is 5.91 Å². The predicted octanol–water partition coefficient (Wildman–Crippen LogP) is 2.65. The van der Waals surface area contributed by atoms with E-state index in [4.69, 9.17) is 5.73 Å². The average molecular weight is 275 g/mol. The van der Waals surface area contributed by atoms with Crippen molar-refractivity contribution < 1.29 is 4.79 Å². The molecule has 0 aromatic carbocycles. The summed E-state index contributed by atoms with van der Waals surface area (Å²) >= 11 is 0. The minimum absolute atomic E-state index is 0.236. The molecule has 0 radical (unpaired) electrons. The van der Waals surface area contributed by atoms with Crippen molar-refractivity contribution in [2.24, 2.45) is 5.73 Å². The van der Waals surface area contributed by atoms with Gasteiger partial charge in [-0.2, -0.15) is 0 Å². The maximum atomic E-state index is 12.3. The highest BCUT2D eigenvalue weighted by atomic mass is 16.2. The van der Waals surface area contributed by atoms with Crippen molar-refractivity contribution in [3.8, 4) is 0 Å². The summed E-state index contributed by atoms with van der Waals surface area (Å²) < 4.78 is 0. The molecule has 2 rings (SSSR count). The Morgan fingerprint density at radius 1 is 1.35 bits per heavy atom. The Bertz CT molecular complexity index is 407. The Balaban J connectivity index is 1.83. The summed E-state index contributed by atoms with van der Waals surface area (Å²) in [4.78, 5) is 18.6. The van der Waals surface area contributed by atoms with Crippen LogP contribution in [0, 0.1) is 0 Å². The second-order valence-corrected chi connectivity index (χ2v) is 5.48. The summed E-state index contributed by atoms with van der Waals surface area (Å²) in [5, 5.41) is 0. The van der Waals surface area contributed by atoms with Gasteiger partial charge in [-0.25, -0.2) is 0 Å². The van der Waals surface area contributed by atoms with Gasteiger partial charge in [-0.05, 0) is 43.9 Å².